The second kappa shape index (κ2) is 4.98. The van der Waals surface area contributed by atoms with Gasteiger partial charge in [0.2, 0.25) is 0 Å². The minimum atomic E-state index is -0.872. The Kier molecular flexibility index (Phi) is 3.92. The van der Waals surface area contributed by atoms with Crippen molar-refractivity contribution in [3.05, 3.63) is 0 Å². The van der Waals surface area contributed by atoms with Crippen LogP contribution in [0.3, 0.4) is 0 Å². The molecule has 14 heavy (non-hydrogen) atoms. The van der Waals surface area contributed by atoms with E-state index < -0.39 is 17.8 Å². The molecule has 1 aliphatic rings. The summed E-state index contributed by atoms with van der Waals surface area (Å²) in [6.07, 6.45) is 3.06. The molecule has 0 saturated heterocycles. The Bertz CT molecular complexity index is 224. The maximum absolute atomic E-state index is 11.4. The predicted octanol–water partition coefficient (Wildman–Crippen LogP) is 1.44. The molecule has 1 N–H and O–H groups in total. The first-order valence-electron chi connectivity index (χ1n) is 5.06. The van der Waals surface area contributed by atoms with Crippen molar-refractivity contribution < 1.29 is 19.4 Å². The third-order valence-corrected chi connectivity index (χ3v) is 2.67. The zero-order valence-corrected chi connectivity index (χ0v) is 8.36. The van der Waals surface area contributed by atoms with Crippen LogP contribution in [0, 0.1) is 11.8 Å². The highest BCUT2D eigenvalue weighted by atomic mass is 16.5. The molecule has 0 radical (unpaired) electrons. The van der Waals surface area contributed by atoms with E-state index in [0.717, 1.165) is 12.8 Å². The van der Waals surface area contributed by atoms with Crippen LogP contribution in [0.2, 0.25) is 0 Å². The predicted molar refractivity (Wildman–Crippen MR) is 49.7 cm³/mol. The van der Waals surface area contributed by atoms with Crippen molar-refractivity contribution in [3.8, 4) is 0 Å². The first kappa shape index (κ1) is 11.0. The fourth-order valence-electron chi connectivity index (χ4n) is 1.96. The summed E-state index contributed by atoms with van der Waals surface area (Å²) in [5.41, 5.74) is 0. The number of carbonyl (C=O) groups is 2. The van der Waals surface area contributed by atoms with Crippen LogP contribution in [-0.4, -0.2) is 23.7 Å². The van der Waals surface area contributed by atoms with Crippen molar-refractivity contribution in [2.75, 3.05) is 6.61 Å². The van der Waals surface area contributed by atoms with Gasteiger partial charge in [0.15, 0.2) is 0 Å². The summed E-state index contributed by atoms with van der Waals surface area (Å²) < 4.78 is 4.86. The van der Waals surface area contributed by atoms with E-state index in [-0.39, 0.29) is 5.97 Å². The van der Waals surface area contributed by atoms with E-state index in [0.29, 0.717) is 19.4 Å². The molecule has 0 spiro atoms. The third kappa shape index (κ3) is 2.47. The number of hydrogen-bond acceptors (Lipinski definition) is 3. The number of esters is 1. The molecule has 0 heterocycles. The Morgan fingerprint density at radius 2 is 1.86 bits per heavy atom. The van der Waals surface area contributed by atoms with Crippen molar-refractivity contribution in [3.63, 3.8) is 0 Å². The summed E-state index contributed by atoms with van der Waals surface area (Å²) >= 11 is 0. The SMILES string of the molecule is CCOC(=O)[C@H]1CCCC[C@@H]1C(=O)O. The fraction of sp³-hybridized carbons (Fsp3) is 0.800. The first-order chi connectivity index (χ1) is 6.66. The molecule has 0 amide bonds. The Labute approximate surface area is 83.2 Å². The van der Waals surface area contributed by atoms with Gasteiger partial charge in [-0.1, -0.05) is 12.8 Å². The maximum Gasteiger partial charge on any atom is 0.309 e. The summed E-state index contributed by atoms with van der Waals surface area (Å²) in [4.78, 5) is 22.3. The summed E-state index contributed by atoms with van der Waals surface area (Å²) in [5, 5.41) is 8.92. The van der Waals surface area contributed by atoms with Gasteiger partial charge in [0.1, 0.15) is 0 Å². The van der Waals surface area contributed by atoms with Crippen molar-refractivity contribution in [1.82, 2.24) is 0 Å². The lowest BCUT2D eigenvalue weighted by atomic mass is 9.79. The minimum Gasteiger partial charge on any atom is -0.481 e. The van der Waals surface area contributed by atoms with Gasteiger partial charge in [0.05, 0.1) is 18.4 Å². The van der Waals surface area contributed by atoms with Crippen LogP contribution in [-0.2, 0) is 14.3 Å². The number of carboxylic acids is 1. The molecule has 1 fully saturated rings. The Morgan fingerprint density at radius 3 is 2.36 bits per heavy atom. The molecule has 0 aromatic rings. The molecule has 0 aromatic heterocycles. The lowest BCUT2D eigenvalue weighted by molar-refractivity contribution is -0.159. The van der Waals surface area contributed by atoms with Crippen molar-refractivity contribution >= 4 is 11.9 Å². The maximum atomic E-state index is 11.4. The highest BCUT2D eigenvalue weighted by molar-refractivity contribution is 5.81. The molecule has 0 unspecified atom stereocenters. The van der Waals surface area contributed by atoms with Crippen LogP contribution in [0.15, 0.2) is 0 Å². The number of rotatable bonds is 3. The van der Waals surface area contributed by atoms with Gasteiger partial charge in [-0.2, -0.15) is 0 Å². The van der Waals surface area contributed by atoms with Crippen LogP contribution in [0.5, 0.6) is 0 Å². The van der Waals surface area contributed by atoms with E-state index in [9.17, 15) is 9.59 Å². The minimum absolute atomic E-state index is 0.321. The standard InChI is InChI=1S/C10H16O4/c1-2-14-10(13)8-6-4-3-5-7(8)9(11)12/h7-8H,2-6H2,1H3,(H,11,12)/t7-,8-/m0/s1. The Hall–Kier alpha value is -1.06. The topological polar surface area (TPSA) is 63.6 Å². The molecule has 1 aliphatic carbocycles. The second-order valence-corrected chi connectivity index (χ2v) is 3.59. The molecule has 4 heteroatoms. The molecule has 80 valence electrons. The van der Waals surface area contributed by atoms with Gasteiger partial charge in [-0.15, -0.1) is 0 Å². The van der Waals surface area contributed by atoms with E-state index in [1.54, 1.807) is 6.92 Å². The van der Waals surface area contributed by atoms with Crippen molar-refractivity contribution in [2.45, 2.75) is 32.6 Å². The monoisotopic (exact) mass is 200 g/mol. The molecule has 1 rings (SSSR count). The van der Waals surface area contributed by atoms with E-state index in [2.05, 4.69) is 0 Å². The number of hydrogen-bond donors (Lipinski definition) is 1. The first-order valence-corrected chi connectivity index (χ1v) is 5.06. The molecule has 4 nitrogen and oxygen atoms in total. The van der Waals surface area contributed by atoms with Crippen LogP contribution in [0.4, 0.5) is 0 Å². The smallest absolute Gasteiger partial charge is 0.309 e. The van der Waals surface area contributed by atoms with Crippen molar-refractivity contribution in [1.29, 1.82) is 0 Å². The van der Waals surface area contributed by atoms with E-state index in [1.165, 1.54) is 0 Å². The fourth-order valence-corrected chi connectivity index (χ4v) is 1.96. The number of aliphatic carboxylic acids is 1. The Morgan fingerprint density at radius 1 is 1.29 bits per heavy atom. The lowest BCUT2D eigenvalue weighted by Gasteiger charge is -2.26. The normalized spacial score (nSPS) is 26.9. The average molecular weight is 200 g/mol. The summed E-state index contributed by atoms with van der Waals surface area (Å²) in [6.45, 7) is 2.05. The molecule has 0 aromatic carbocycles. The van der Waals surface area contributed by atoms with E-state index in [4.69, 9.17) is 9.84 Å². The van der Waals surface area contributed by atoms with Crippen LogP contribution < -0.4 is 0 Å². The van der Waals surface area contributed by atoms with Crippen LogP contribution in [0.1, 0.15) is 32.6 Å². The largest absolute Gasteiger partial charge is 0.481 e. The quantitative estimate of drug-likeness (QED) is 0.700. The van der Waals surface area contributed by atoms with Crippen LogP contribution >= 0.6 is 0 Å². The number of carbonyl (C=O) groups excluding carboxylic acids is 1. The summed E-state index contributed by atoms with van der Waals surface area (Å²) in [7, 11) is 0. The number of ether oxygens (including phenoxy) is 1. The zero-order valence-electron chi connectivity index (χ0n) is 8.36. The lowest BCUT2D eigenvalue weighted by Crippen LogP contribution is -2.33. The van der Waals surface area contributed by atoms with Gasteiger partial charge >= 0.3 is 11.9 Å². The molecule has 2 atom stereocenters. The molecule has 0 aliphatic heterocycles. The van der Waals surface area contributed by atoms with E-state index >= 15 is 0 Å². The second-order valence-electron chi connectivity index (χ2n) is 3.59. The van der Waals surface area contributed by atoms with Gasteiger partial charge in [-0.25, -0.2) is 0 Å². The zero-order chi connectivity index (χ0) is 10.6. The number of carboxylic acid groups (broad SMARTS) is 1. The third-order valence-electron chi connectivity index (χ3n) is 2.67. The summed E-state index contributed by atoms with van der Waals surface area (Å²) in [5.74, 6) is -2.19. The highest BCUT2D eigenvalue weighted by Crippen LogP contribution is 2.31. The van der Waals surface area contributed by atoms with Crippen LogP contribution in [0.25, 0.3) is 0 Å². The van der Waals surface area contributed by atoms with Crippen molar-refractivity contribution in [2.24, 2.45) is 11.8 Å². The van der Waals surface area contributed by atoms with E-state index in [1.807, 2.05) is 0 Å². The van der Waals surface area contributed by atoms with Gasteiger partial charge in [0, 0.05) is 0 Å². The van der Waals surface area contributed by atoms with Gasteiger partial charge < -0.3 is 9.84 Å². The Balaban J connectivity index is 2.62. The average Bonchev–Trinajstić information content (AvgIpc) is 2.18. The molecule has 0 bridgehead atoms. The molecular weight excluding hydrogens is 184 g/mol. The van der Waals surface area contributed by atoms with Gasteiger partial charge in [0.25, 0.3) is 0 Å². The molecule has 1 saturated carbocycles. The van der Waals surface area contributed by atoms with Gasteiger partial charge in [-0.05, 0) is 19.8 Å². The molecular formula is C10H16O4. The highest BCUT2D eigenvalue weighted by Gasteiger charge is 2.36. The van der Waals surface area contributed by atoms with Gasteiger partial charge in [-0.3, -0.25) is 9.59 Å². The summed E-state index contributed by atoms with van der Waals surface area (Å²) in [6, 6.07) is 0.